The van der Waals surface area contributed by atoms with Crippen molar-refractivity contribution in [3.63, 3.8) is 0 Å². The molecule has 0 unspecified atom stereocenters. The Morgan fingerprint density at radius 3 is 2.56 bits per heavy atom. The number of aromatic nitrogens is 4. The number of aryl methyl sites for hydroxylation is 1. The number of hydrogen-bond acceptors (Lipinski definition) is 6. The second-order valence-electron chi connectivity index (χ2n) is 8.20. The average Bonchev–Trinajstić information content (AvgIpc) is 3.25. The third-order valence-electron chi connectivity index (χ3n) is 5.84. The summed E-state index contributed by atoms with van der Waals surface area (Å²) >= 11 is 0. The highest BCUT2D eigenvalue weighted by Gasteiger charge is 2.16. The monoisotopic (exact) mass is 427 g/mol. The molecule has 0 radical (unpaired) electrons. The largest absolute Gasteiger partial charge is 0.369 e. The van der Waals surface area contributed by atoms with Gasteiger partial charge in [-0.15, -0.1) is 10.2 Å². The van der Waals surface area contributed by atoms with E-state index < -0.39 is 0 Å². The molecule has 4 aromatic rings. The number of amides is 1. The molecular weight excluding hydrogens is 402 g/mol. The van der Waals surface area contributed by atoms with Crippen molar-refractivity contribution in [2.24, 2.45) is 7.05 Å². The number of benzene rings is 2. The topological polar surface area (TPSA) is 79.2 Å². The molecule has 1 aliphatic rings. The minimum atomic E-state index is -0.196. The van der Waals surface area contributed by atoms with E-state index in [4.69, 9.17) is 0 Å². The smallest absolute Gasteiger partial charge is 0.256 e. The van der Waals surface area contributed by atoms with E-state index in [0.717, 1.165) is 53.9 Å². The van der Waals surface area contributed by atoms with E-state index in [1.165, 1.54) is 0 Å². The lowest BCUT2D eigenvalue weighted by Gasteiger charge is -2.34. The Labute approximate surface area is 186 Å². The summed E-state index contributed by atoms with van der Waals surface area (Å²) in [5.74, 6) is 0.230. The van der Waals surface area contributed by atoms with E-state index in [9.17, 15) is 4.79 Å². The summed E-state index contributed by atoms with van der Waals surface area (Å²) in [4.78, 5) is 17.5. The molecule has 1 N–H and O–H groups in total. The minimum Gasteiger partial charge on any atom is -0.369 e. The third-order valence-corrected chi connectivity index (χ3v) is 5.84. The molecule has 1 aliphatic heterocycles. The summed E-state index contributed by atoms with van der Waals surface area (Å²) in [5.41, 5.74) is 4.50. The van der Waals surface area contributed by atoms with Gasteiger partial charge in [-0.2, -0.15) is 5.10 Å². The Morgan fingerprint density at radius 2 is 1.78 bits per heavy atom. The second kappa shape index (κ2) is 8.39. The zero-order valence-electron chi connectivity index (χ0n) is 18.2. The zero-order chi connectivity index (χ0) is 22.1. The number of likely N-dealkylation sites (N-methyl/N-ethyl adjacent to an activating group) is 1. The molecule has 8 heteroatoms. The van der Waals surface area contributed by atoms with Gasteiger partial charge in [0.25, 0.3) is 5.91 Å². The van der Waals surface area contributed by atoms with Gasteiger partial charge in [-0.05, 0) is 49.0 Å². The fraction of sp³-hybridized carbons (Fsp3) is 0.250. The second-order valence-corrected chi connectivity index (χ2v) is 8.20. The Balaban J connectivity index is 1.36. The zero-order valence-corrected chi connectivity index (χ0v) is 18.2. The standard InChI is InChI=1S/C24H25N7O/c1-29-8-10-31(11-9-29)21-5-3-4-18(13-21)24(32)26-23-14-19-12-17(6-7-22(19)27-28-23)20-15-25-30(2)16-20/h3-7,12-16H,8-11H2,1-2H3,(H,26,28,32). The first kappa shape index (κ1) is 20.1. The first-order chi connectivity index (χ1) is 15.5. The summed E-state index contributed by atoms with van der Waals surface area (Å²) in [7, 11) is 4.02. The van der Waals surface area contributed by atoms with Crippen LogP contribution in [0.2, 0.25) is 0 Å². The Bertz CT molecular complexity index is 1270. The van der Waals surface area contributed by atoms with Crippen LogP contribution in [0.4, 0.5) is 11.5 Å². The van der Waals surface area contributed by atoms with Crippen LogP contribution in [-0.4, -0.2) is 64.0 Å². The van der Waals surface area contributed by atoms with Crippen LogP contribution in [0.25, 0.3) is 22.0 Å². The molecule has 2 aromatic carbocycles. The van der Waals surface area contributed by atoms with Gasteiger partial charge in [-0.3, -0.25) is 9.48 Å². The molecule has 0 atom stereocenters. The lowest BCUT2D eigenvalue weighted by atomic mass is 10.1. The van der Waals surface area contributed by atoms with Gasteiger partial charge in [0.15, 0.2) is 5.82 Å². The maximum atomic E-state index is 12.9. The summed E-state index contributed by atoms with van der Waals surface area (Å²) in [5, 5.41) is 16.5. The van der Waals surface area contributed by atoms with E-state index in [1.807, 2.05) is 61.9 Å². The Kier molecular flexibility index (Phi) is 5.28. The lowest BCUT2D eigenvalue weighted by Crippen LogP contribution is -2.44. The summed E-state index contributed by atoms with van der Waals surface area (Å²) < 4.78 is 1.77. The number of nitrogens with one attached hydrogen (secondary N) is 1. The molecule has 162 valence electrons. The number of piperazine rings is 1. The SMILES string of the molecule is CN1CCN(c2cccc(C(=O)Nc3cc4cc(-c5cnn(C)c5)ccc4nn3)c2)CC1. The third kappa shape index (κ3) is 4.17. The van der Waals surface area contributed by atoms with Gasteiger partial charge in [0.1, 0.15) is 0 Å². The predicted molar refractivity (Wildman–Crippen MR) is 126 cm³/mol. The van der Waals surface area contributed by atoms with Crippen molar-refractivity contribution in [3.8, 4) is 11.1 Å². The quantitative estimate of drug-likeness (QED) is 0.539. The number of carbonyl (C=O) groups is 1. The lowest BCUT2D eigenvalue weighted by molar-refractivity contribution is 0.102. The number of rotatable bonds is 4. The summed E-state index contributed by atoms with van der Waals surface area (Å²) in [6.07, 6.45) is 3.79. The van der Waals surface area contributed by atoms with Crippen molar-refractivity contribution in [1.29, 1.82) is 0 Å². The van der Waals surface area contributed by atoms with Crippen molar-refractivity contribution in [3.05, 3.63) is 66.5 Å². The molecule has 0 saturated carbocycles. The number of nitrogens with zero attached hydrogens (tertiary/aromatic N) is 6. The molecule has 1 amide bonds. The van der Waals surface area contributed by atoms with E-state index in [2.05, 4.69) is 43.5 Å². The molecule has 0 aliphatic carbocycles. The molecule has 2 aromatic heterocycles. The summed E-state index contributed by atoms with van der Waals surface area (Å²) in [6.45, 7) is 3.95. The number of anilines is 2. The van der Waals surface area contributed by atoms with Gasteiger partial charge in [0.05, 0.1) is 11.7 Å². The molecule has 0 spiro atoms. The van der Waals surface area contributed by atoms with Gasteiger partial charge in [0.2, 0.25) is 0 Å². The molecular formula is C24H25N7O. The van der Waals surface area contributed by atoms with Crippen LogP contribution in [0.15, 0.2) is 60.9 Å². The Morgan fingerprint density at radius 1 is 0.938 bits per heavy atom. The van der Waals surface area contributed by atoms with Crippen molar-refractivity contribution < 1.29 is 4.79 Å². The molecule has 5 rings (SSSR count). The highest BCUT2D eigenvalue weighted by atomic mass is 16.1. The van der Waals surface area contributed by atoms with Crippen LogP contribution in [0.1, 0.15) is 10.4 Å². The molecule has 8 nitrogen and oxygen atoms in total. The Hall–Kier alpha value is -3.78. The highest BCUT2D eigenvalue weighted by Crippen LogP contribution is 2.24. The van der Waals surface area contributed by atoms with Gasteiger partial charge < -0.3 is 15.1 Å². The first-order valence-electron chi connectivity index (χ1n) is 10.7. The predicted octanol–water partition coefficient (Wildman–Crippen LogP) is 3.03. The van der Waals surface area contributed by atoms with Crippen LogP contribution in [0, 0.1) is 0 Å². The van der Waals surface area contributed by atoms with E-state index >= 15 is 0 Å². The van der Waals surface area contributed by atoms with Crippen LogP contribution < -0.4 is 10.2 Å². The fourth-order valence-electron chi connectivity index (χ4n) is 3.95. The van der Waals surface area contributed by atoms with Crippen LogP contribution >= 0.6 is 0 Å². The van der Waals surface area contributed by atoms with Crippen molar-refractivity contribution in [2.75, 3.05) is 43.4 Å². The van der Waals surface area contributed by atoms with Crippen molar-refractivity contribution in [2.45, 2.75) is 0 Å². The van der Waals surface area contributed by atoms with Gasteiger partial charge in [0, 0.05) is 61.6 Å². The highest BCUT2D eigenvalue weighted by molar-refractivity contribution is 6.05. The molecule has 3 heterocycles. The van der Waals surface area contributed by atoms with Gasteiger partial charge in [-0.25, -0.2) is 0 Å². The van der Waals surface area contributed by atoms with E-state index in [1.54, 1.807) is 4.68 Å². The molecule has 32 heavy (non-hydrogen) atoms. The molecule has 1 fully saturated rings. The fourth-order valence-corrected chi connectivity index (χ4v) is 3.95. The maximum Gasteiger partial charge on any atom is 0.256 e. The summed E-state index contributed by atoms with van der Waals surface area (Å²) in [6, 6.07) is 15.5. The molecule has 0 bridgehead atoms. The van der Waals surface area contributed by atoms with Crippen molar-refractivity contribution >= 4 is 28.3 Å². The van der Waals surface area contributed by atoms with Crippen molar-refractivity contribution in [1.82, 2.24) is 24.9 Å². The van der Waals surface area contributed by atoms with Crippen LogP contribution in [-0.2, 0) is 7.05 Å². The maximum absolute atomic E-state index is 12.9. The van der Waals surface area contributed by atoms with Gasteiger partial charge in [-0.1, -0.05) is 12.1 Å². The number of fused-ring (bicyclic) bond motifs is 1. The van der Waals surface area contributed by atoms with E-state index in [0.29, 0.717) is 11.4 Å². The minimum absolute atomic E-state index is 0.196. The normalized spacial score (nSPS) is 14.6. The van der Waals surface area contributed by atoms with E-state index in [-0.39, 0.29) is 5.91 Å². The molecule has 1 saturated heterocycles. The number of carbonyl (C=O) groups excluding carboxylic acids is 1. The number of hydrogen-bond donors (Lipinski definition) is 1. The van der Waals surface area contributed by atoms with Crippen LogP contribution in [0.5, 0.6) is 0 Å². The van der Waals surface area contributed by atoms with Gasteiger partial charge >= 0.3 is 0 Å². The van der Waals surface area contributed by atoms with Crippen LogP contribution in [0.3, 0.4) is 0 Å². The first-order valence-corrected chi connectivity index (χ1v) is 10.7. The average molecular weight is 428 g/mol.